The summed E-state index contributed by atoms with van der Waals surface area (Å²) in [5, 5.41) is 2.31. The summed E-state index contributed by atoms with van der Waals surface area (Å²) in [7, 11) is 0. The number of carbonyl (C=O) groups is 2. The van der Waals surface area contributed by atoms with Crippen molar-refractivity contribution in [2.75, 3.05) is 5.75 Å². The highest BCUT2D eigenvalue weighted by molar-refractivity contribution is 8.14. The normalized spacial score (nSPS) is 11.9. The highest BCUT2D eigenvalue weighted by Gasteiger charge is 2.13. The zero-order valence-electron chi connectivity index (χ0n) is 8.72. The average Bonchev–Trinajstić information content (AvgIpc) is 2.13. The van der Waals surface area contributed by atoms with Crippen molar-refractivity contribution in [1.82, 2.24) is 5.32 Å². The van der Waals surface area contributed by atoms with E-state index < -0.39 is 0 Å². The molecule has 0 atom stereocenters. The molecule has 0 bridgehead atoms. The molecule has 0 aliphatic heterocycles. The molecule has 80 valence electrons. The van der Waals surface area contributed by atoms with Crippen LogP contribution in [0.15, 0.2) is 11.4 Å². The number of nitrogens with one attached hydrogen (secondary N) is 1. The van der Waals surface area contributed by atoms with Crippen LogP contribution in [-0.4, -0.2) is 16.8 Å². The van der Waals surface area contributed by atoms with Gasteiger partial charge in [-0.15, -0.1) is 0 Å². The minimum atomic E-state index is -0.199. The minimum Gasteiger partial charge on any atom is -0.400 e. The highest BCUT2D eigenvalue weighted by Crippen LogP contribution is 2.09. The molecule has 0 saturated carbocycles. The molecule has 0 spiro atoms. The summed E-state index contributed by atoms with van der Waals surface area (Å²) in [6, 6.07) is 0. The van der Waals surface area contributed by atoms with Crippen LogP contribution in [-0.2, 0) is 9.59 Å². The minimum absolute atomic E-state index is 0.186. The van der Waals surface area contributed by atoms with Crippen LogP contribution >= 0.6 is 11.8 Å². The van der Waals surface area contributed by atoms with E-state index in [4.69, 9.17) is 5.73 Å². The molecule has 0 radical (unpaired) electrons. The predicted octanol–water partition coefficient (Wildman–Crippen LogP) is 0.982. The van der Waals surface area contributed by atoms with Crippen molar-refractivity contribution in [3.8, 4) is 0 Å². The van der Waals surface area contributed by atoms with Gasteiger partial charge in [0.1, 0.15) is 5.70 Å². The average molecular weight is 216 g/mol. The lowest BCUT2D eigenvalue weighted by Crippen LogP contribution is -2.28. The van der Waals surface area contributed by atoms with Gasteiger partial charge >= 0.3 is 0 Å². The van der Waals surface area contributed by atoms with Crippen LogP contribution in [0.5, 0.6) is 0 Å². The van der Waals surface area contributed by atoms with Gasteiger partial charge < -0.3 is 11.1 Å². The van der Waals surface area contributed by atoms with Crippen LogP contribution in [0.3, 0.4) is 0 Å². The zero-order chi connectivity index (χ0) is 11.1. The number of amides is 1. The lowest BCUT2D eigenvalue weighted by Gasteiger charge is -2.08. The number of hydrogen-bond acceptors (Lipinski definition) is 4. The molecule has 0 aliphatic carbocycles. The molecule has 1 amide bonds. The fraction of sp³-hybridized carbons (Fsp3) is 0.556. The van der Waals surface area contributed by atoms with Gasteiger partial charge in [-0.2, -0.15) is 0 Å². The van der Waals surface area contributed by atoms with Crippen molar-refractivity contribution >= 4 is 22.8 Å². The molecule has 0 unspecified atom stereocenters. The smallest absolute Gasteiger partial charge is 0.237 e. The summed E-state index contributed by atoms with van der Waals surface area (Å²) in [5.41, 5.74) is 6.06. The molecule has 5 heteroatoms. The fourth-order valence-corrected chi connectivity index (χ4v) is 1.36. The summed E-state index contributed by atoms with van der Waals surface area (Å²) >= 11 is 1.13. The summed E-state index contributed by atoms with van der Waals surface area (Å²) in [5.74, 6) is 0.465. The van der Waals surface area contributed by atoms with Crippen LogP contribution in [0.2, 0.25) is 0 Å². The Balaban J connectivity index is 4.56. The molecule has 0 aromatic carbocycles. The topological polar surface area (TPSA) is 72.2 Å². The van der Waals surface area contributed by atoms with Crippen LogP contribution in [0.25, 0.3) is 0 Å². The lowest BCUT2D eigenvalue weighted by atomic mass is 10.3. The maximum absolute atomic E-state index is 11.4. The van der Waals surface area contributed by atoms with Crippen LogP contribution in [0.1, 0.15) is 27.2 Å². The fourth-order valence-electron chi connectivity index (χ4n) is 0.742. The Morgan fingerprint density at radius 2 is 1.93 bits per heavy atom. The van der Waals surface area contributed by atoms with Gasteiger partial charge in [0.05, 0.1) is 0 Å². The van der Waals surface area contributed by atoms with E-state index in [2.05, 4.69) is 5.32 Å². The standard InChI is InChI=1S/C9H16N2O2S/c1-4-7(12)11-8(6(3)10)9(13)14-5-2/h4-5,10H2,1-3H3,(H,11,12). The second kappa shape index (κ2) is 6.48. The van der Waals surface area contributed by atoms with E-state index in [0.717, 1.165) is 11.8 Å². The first kappa shape index (κ1) is 13.0. The van der Waals surface area contributed by atoms with E-state index in [0.29, 0.717) is 17.9 Å². The third kappa shape index (κ3) is 4.32. The molecule has 0 aromatic heterocycles. The Labute approximate surface area is 88.3 Å². The van der Waals surface area contributed by atoms with Gasteiger partial charge in [0.15, 0.2) is 0 Å². The van der Waals surface area contributed by atoms with E-state index in [9.17, 15) is 9.59 Å². The van der Waals surface area contributed by atoms with Crippen LogP contribution in [0, 0.1) is 0 Å². The summed E-state index contributed by atoms with van der Waals surface area (Å²) in [6.07, 6.45) is 0.334. The molecule has 0 rings (SSSR count). The molecule has 0 fully saturated rings. The van der Waals surface area contributed by atoms with Gasteiger partial charge in [-0.1, -0.05) is 25.6 Å². The first-order chi connectivity index (χ1) is 6.52. The second-order valence-corrected chi connectivity index (χ2v) is 3.92. The lowest BCUT2D eigenvalue weighted by molar-refractivity contribution is -0.121. The van der Waals surface area contributed by atoms with Crippen LogP contribution < -0.4 is 11.1 Å². The van der Waals surface area contributed by atoms with Crippen molar-refractivity contribution in [3.05, 3.63) is 11.4 Å². The molecule has 0 saturated heterocycles. The quantitative estimate of drug-likeness (QED) is 0.687. The van der Waals surface area contributed by atoms with Gasteiger partial charge in [-0.05, 0) is 12.7 Å². The van der Waals surface area contributed by atoms with Crippen molar-refractivity contribution in [2.24, 2.45) is 5.73 Å². The third-order valence-corrected chi connectivity index (χ3v) is 2.21. The van der Waals surface area contributed by atoms with E-state index in [-0.39, 0.29) is 16.7 Å². The van der Waals surface area contributed by atoms with Crippen LogP contribution in [0.4, 0.5) is 0 Å². The number of carbonyl (C=O) groups excluding carboxylic acids is 2. The monoisotopic (exact) mass is 216 g/mol. The van der Waals surface area contributed by atoms with Gasteiger partial charge in [-0.25, -0.2) is 0 Å². The molecule has 0 aromatic rings. The van der Waals surface area contributed by atoms with Crippen molar-refractivity contribution < 1.29 is 9.59 Å². The SMILES string of the molecule is CCSC(=O)C(NC(=O)CC)=C(C)N. The predicted molar refractivity (Wildman–Crippen MR) is 58.5 cm³/mol. The molecule has 0 heterocycles. The largest absolute Gasteiger partial charge is 0.400 e. The molecular formula is C9H16N2O2S. The number of hydrogen-bond donors (Lipinski definition) is 2. The molecular weight excluding hydrogens is 200 g/mol. The Morgan fingerprint density at radius 1 is 1.36 bits per heavy atom. The second-order valence-electron chi connectivity index (χ2n) is 2.68. The first-order valence-corrected chi connectivity index (χ1v) is 5.44. The van der Waals surface area contributed by atoms with E-state index in [1.165, 1.54) is 0 Å². The Morgan fingerprint density at radius 3 is 2.29 bits per heavy atom. The number of rotatable bonds is 4. The van der Waals surface area contributed by atoms with E-state index in [1.807, 2.05) is 6.92 Å². The number of allylic oxidation sites excluding steroid dienone is 1. The molecule has 4 nitrogen and oxygen atoms in total. The maximum Gasteiger partial charge on any atom is 0.237 e. The Bertz CT molecular complexity index is 258. The van der Waals surface area contributed by atoms with Crippen molar-refractivity contribution in [2.45, 2.75) is 27.2 Å². The Kier molecular flexibility index (Phi) is 6.03. The summed E-state index contributed by atoms with van der Waals surface area (Å²) < 4.78 is 0. The maximum atomic E-state index is 11.4. The molecule has 3 N–H and O–H groups in total. The van der Waals surface area contributed by atoms with Gasteiger partial charge in [0.25, 0.3) is 0 Å². The van der Waals surface area contributed by atoms with Gasteiger partial charge in [-0.3, -0.25) is 9.59 Å². The first-order valence-electron chi connectivity index (χ1n) is 4.46. The number of thioether (sulfide) groups is 1. The van der Waals surface area contributed by atoms with Gasteiger partial charge in [0, 0.05) is 12.1 Å². The van der Waals surface area contributed by atoms with E-state index >= 15 is 0 Å². The Hall–Kier alpha value is -0.970. The summed E-state index contributed by atoms with van der Waals surface area (Å²) in [4.78, 5) is 22.5. The third-order valence-electron chi connectivity index (χ3n) is 1.46. The van der Waals surface area contributed by atoms with Crippen molar-refractivity contribution in [1.29, 1.82) is 0 Å². The molecule has 14 heavy (non-hydrogen) atoms. The summed E-state index contributed by atoms with van der Waals surface area (Å²) in [6.45, 7) is 5.18. The molecule has 0 aliphatic rings. The number of nitrogens with two attached hydrogens (primary N) is 1. The van der Waals surface area contributed by atoms with Crippen molar-refractivity contribution in [3.63, 3.8) is 0 Å². The zero-order valence-corrected chi connectivity index (χ0v) is 9.53. The van der Waals surface area contributed by atoms with E-state index in [1.54, 1.807) is 13.8 Å². The van der Waals surface area contributed by atoms with Gasteiger partial charge in [0.2, 0.25) is 11.0 Å². The highest BCUT2D eigenvalue weighted by atomic mass is 32.2.